The second kappa shape index (κ2) is 46.6. The number of unbranched alkanes of at least 4 members (excludes halogenated alkanes) is 31. The molecule has 0 radical (unpaired) electrons. The Morgan fingerprint density at radius 1 is 0.414 bits per heavy atom. The Morgan fingerprint density at radius 2 is 0.741 bits per heavy atom. The quantitative estimate of drug-likeness (QED) is 0.0310. The molecule has 0 aromatic rings. The van der Waals surface area contributed by atoms with Crippen molar-refractivity contribution in [1.29, 1.82) is 0 Å². The summed E-state index contributed by atoms with van der Waals surface area (Å²) in [4.78, 5) is 12.5. The van der Waals surface area contributed by atoms with Crippen LogP contribution in [0.5, 0.6) is 0 Å². The van der Waals surface area contributed by atoms with Crippen LogP contribution >= 0.6 is 0 Å². The third-order valence-corrected chi connectivity index (χ3v) is 11.8. The number of allylic oxidation sites excluding steroid dienone is 6. The number of aliphatic hydroxyl groups excluding tert-OH is 4. The molecule has 1 amide bonds. The topological polar surface area (TPSA) is 110 Å². The Balaban J connectivity index is 3.63. The minimum Gasteiger partial charge on any atom is -0.394 e. The lowest BCUT2D eigenvalue weighted by Crippen LogP contribution is -2.53. The zero-order chi connectivity index (χ0) is 42.4. The van der Waals surface area contributed by atoms with Gasteiger partial charge < -0.3 is 25.7 Å². The van der Waals surface area contributed by atoms with Crippen LogP contribution in [0.1, 0.15) is 258 Å². The van der Waals surface area contributed by atoms with Crippen LogP contribution in [0, 0.1) is 0 Å². The SMILES string of the molecule is CCC/C=C/CC/C=C/CC/C=C/CCCC(O)C(O)C(CO)NC(=O)C(O)CCCCCCCCCCCCCCCCCCCCCCCCCCCCCC. The fourth-order valence-corrected chi connectivity index (χ4v) is 7.80. The Bertz CT molecular complexity index is 919. The van der Waals surface area contributed by atoms with E-state index in [1.165, 1.54) is 167 Å². The number of carbonyl (C=O) groups excluding carboxylic acids is 1. The third-order valence-electron chi connectivity index (χ3n) is 11.8. The summed E-state index contributed by atoms with van der Waals surface area (Å²) in [6, 6.07) is -1.01. The number of carbonyl (C=O) groups is 1. The molecule has 342 valence electrons. The Labute approximate surface area is 360 Å². The predicted octanol–water partition coefficient (Wildman–Crippen LogP) is 14.1. The highest BCUT2D eigenvalue weighted by molar-refractivity contribution is 5.80. The van der Waals surface area contributed by atoms with Crippen molar-refractivity contribution < 1.29 is 25.2 Å². The van der Waals surface area contributed by atoms with Crippen LogP contribution in [-0.4, -0.2) is 57.3 Å². The Hall–Kier alpha value is -1.47. The summed E-state index contributed by atoms with van der Waals surface area (Å²) in [6.45, 7) is 3.98. The van der Waals surface area contributed by atoms with Crippen LogP contribution in [-0.2, 0) is 4.79 Å². The van der Waals surface area contributed by atoms with Crippen LogP contribution in [0.15, 0.2) is 36.5 Å². The maximum Gasteiger partial charge on any atom is 0.249 e. The molecule has 0 aliphatic carbocycles. The minimum atomic E-state index is -1.29. The molecule has 0 fully saturated rings. The first-order valence-electron chi connectivity index (χ1n) is 25.4. The molecule has 0 aliphatic heterocycles. The first-order valence-corrected chi connectivity index (χ1v) is 25.4. The van der Waals surface area contributed by atoms with Gasteiger partial charge in [-0.05, 0) is 57.8 Å². The lowest BCUT2D eigenvalue weighted by molar-refractivity contribution is -0.132. The lowest BCUT2D eigenvalue weighted by atomic mass is 10.00. The summed E-state index contributed by atoms with van der Waals surface area (Å²) in [6.07, 6.45) is 56.4. The fourth-order valence-electron chi connectivity index (χ4n) is 7.80. The zero-order valence-electron chi connectivity index (χ0n) is 38.5. The average Bonchev–Trinajstić information content (AvgIpc) is 3.23. The molecular weight excluding hydrogens is 719 g/mol. The second-order valence-corrected chi connectivity index (χ2v) is 17.5. The molecular formula is C52H99NO5. The Kier molecular flexibility index (Phi) is 45.4. The van der Waals surface area contributed by atoms with Crippen molar-refractivity contribution in [3.05, 3.63) is 36.5 Å². The summed E-state index contributed by atoms with van der Waals surface area (Å²) in [5.41, 5.74) is 0. The van der Waals surface area contributed by atoms with E-state index in [2.05, 4.69) is 55.6 Å². The van der Waals surface area contributed by atoms with Crippen molar-refractivity contribution in [1.82, 2.24) is 5.32 Å². The van der Waals surface area contributed by atoms with Crippen molar-refractivity contribution in [3.8, 4) is 0 Å². The minimum absolute atomic E-state index is 0.362. The molecule has 6 heteroatoms. The van der Waals surface area contributed by atoms with Crippen LogP contribution in [0.3, 0.4) is 0 Å². The largest absolute Gasteiger partial charge is 0.394 e. The first-order chi connectivity index (χ1) is 28.5. The number of aliphatic hydroxyl groups is 4. The molecule has 0 saturated carbocycles. The van der Waals surface area contributed by atoms with Gasteiger partial charge in [0.25, 0.3) is 0 Å². The van der Waals surface area contributed by atoms with Crippen molar-refractivity contribution >= 4 is 5.91 Å². The van der Waals surface area contributed by atoms with Crippen LogP contribution in [0.2, 0.25) is 0 Å². The second-order valence-electron chi connectivity index (χ2n) is 17.5. The van der Waals surface area contributed by atoms with Crippen molar-refractivity contribution in [2.45, 2.75) is 282 Å². The molecule has 0 bridgehead atoms. The average molecular weight is 818 g/mol. The summed E-state index contributed by atoms with van der Waals surface area (Å²) in [7, 11) is 0. The highest BCUT2D eigenvalue weighted by Crippen LogP contribution is 2.17. The molecule has 0 saturated heterocycles. The molecule has 0 aromatic carbocycles. The molecule has 0 spiro atoms. The van der Waals surface area contributed by atoms with Gasteiger partial charge in [0.2, 0.25) is 5.91 Å². The molecule has 6 nitrogen and oxygen atoms in total. The van der Waals surface area contributed by atoms with Gasteiger partial charge in [0.05, 0.1) is 18.8 Å². The predicted molar refractivity (Wildman–Crippen MR) is 251 cm³/mol. The van der Waals surface area contributed by atoms with E-state index < -0.39 is 36.9 Å². The lowest BCUT2D eigenvalue weighted by Gasteiger charge is -2.27. The standard InChI is InChI=1S/C52H99NO5/c1-3-5-7-9-11-13-15-17-19-20-21-22-23-24-25-26-27-28-29-30-31-32-34-36-38-40-42-44-46-50(56)52(58)53-48(47-54)51(57)49(55)45-43-41-39-37-35-33-18-16-14-12-10-8-6-4-2/h8,10,16,18,37,39,48-51,54-57H,3-7,9,11-15,17,19-36,38,40-47H2,1-2H3,(H,53,58)/b10-8+,18-16+,39-37+. The summed E-state index contributed by atoms with van der Waals surface area (Å²) in [5.74, 6) is -0.597. The van der Waals surface area contributed by atoms with E-state index in [4.69, 9.17) is 0 Å². The van der Waals surface area contributed by atoms with Crippen molar-refractivity contribution in [3.63, 3.8) is 0 Å². The van der Waals surface area contributed by atoms with E-state index in [0.29, 0.717) is 19.3 Å². The monoisotopic (exact) mass is 818 g/mol. The van der Waals surface area contributed by atoms with E-state index >= 15 is 0 Å². The normalized spacial score (nSPS) is 14.2. The Morgan fingerprint density at radius 3 is 1.09 bits per heavy atom. The highest BCUT2D eigenvalue weighted by atomic mass is 16.3. The van der Waals surface area contributed by atoms with E-state index in [9.17, 15) is 25.2 Å². The van der Waals surface area contributed by atoms with Gasteiger partial charge in [-0.3, -0.25) is 4.79 Å². The molecule has 58 heavy (non-hydrogen) atoms. The molecule has 4 unspecified atom stereocenters. The maximum absolute atomic E-state index is 12.5. The van der Waals surface area contributed by atoms with Gasteiger partial charge in [-0.2, -0.15) is 0 Å². The van der Waals surface area contributed by atoms with Gasteiger partial charge >= 0.3 is 0 Å². The molecule has 0 rings (SSSR count). The highest BCUT2D eigenvalue weighted by Gasteiger charge is 2.28. The van der Waals surface area contributed by atoms with Crippen LogP contribution < -0.4 is 5.32 Å². The van der Waals surface area contributed by atoms with E-state index in [-0.39, 0.29) is 0 Å². The van der Waals surface area contributed by atoms with E-state index in [1.54, 1.807) is 0 Å². The van der Waals surface area contributed by atoms with Crippen LogP contribution in [0.4, 0.5) is 0 Å². The smallest absolute Gasteiger partial charge is 0.249 e. The van der Waals surface area contributed by atoms with Gasteiger partial charge in [0.1, 0.15) is 12.2 Å². The van der Waals surface area contributed by atoms with Gasteiger partial charge in [-0.15, -0.1) is 0 Å². The zero-order valence-corrected chi connectivity index (χ0v) is 38.5. The molecule has 0 heterocycles. The maximum atomic E-state index is 12.5. The fraction of sp³-hybridized carbons (Fsp3) is 0.865. The van der Waals surface area contributed by atoms with Gasteiger partial charge in [0, 0.05) is 0 Å². The van der Waals surface area contributed by atoms with Crippen molar-refractivity contribution in [2.24, 2.45) is 0 Å². The number of nitrogens with one attached hydrogen (secondary N) is 1. The van der Waals surface area contributed by atoms with Gasteiger partial charge in [0.15, 0.2) is 0 Å². The molecule has 5 N–H and O–H groups in total. The number of amides is 1. The summed E-state index contributed by atoms with van der Waals surface area (Å²) < 4.78 is 0. The van der Waals surface area contributed by atoms with E-state index in [0.717, 1.165) is 57.8 Å². The van der Waals surface area contributed by atoms with Gasteiger partial charge in [-0.25, -0.2) is 0 Å². The van der Waals surface area contributed by atoms with E-state index in [1.807, 2.05) is 0 Å². The molecule has 0 aromatic heterocycles. The molecule has 0 aliphatic rings. The first kappa shape index (κ1) is 56.5. The number of hydrogen-bond donors (Lipinski definition) is 5. The molecule has 4 atom stereocenters. The van der Waals surface area contributed by atoms with Crippen LogP contribution in [0.25, 0.3) is 0 Å². The van der Waals surface area contributed by atoms with Gasteiger partial charge in [-0.1, -0.05) is 237 Å². The number of hydrogen-bond acceptors (Lipinski definition) is 5. The summed E-state index contributed by atoms with van der Waals surface area (Å²) >= 11 is 0. The number of rotatable bonds is 46. The third kappa shape index (κ3) is 40.0. The van der Waals surface area contributed by atoms with Crippen molar-refractivity contribution in [2.75, 3.05) is 6.61 Å². The summed E-state index contributed by atoms with van der Waals surface area (Å²) in [5, 5.41) is 43.7.